The Balaban J connectivity index is 1.68. The molecule has 0 saturated carbocycles. The molecule has 33 heavy (non-hydrogen) atoms. The SMILES string of the molecule is COc1ccc(Cn2c(=O)n3nc(CC(C)C)nc3c3ncc(N4CCOCC4)cc32)cc1. The van der Waals surface area contributed by atoms with Gasteiger partial charge in [-0.25, -0.2) is 14.8 Å². The van der Waals surface area contributed by atoms with Gasteiger partial charge in [0.1, 0.15) is 11.3 Å². The number of methoxy groups -OCH3 is 1. The van der Waals surface area contributed by atoms with Crippen LogP contribution in [0.4, 0.5) is 5.69 Å². The lowest BCUT2D eigenvalue weighted by atomic mass is 10.1. The van der Waals surface area contributed by atoms with Crippen molar-refractivity contribution in [2.45, 2.75) is 26.8 Å². The van der Waals surface area contributed by atoms with Crippen molar-refractivity contribution < 1.29 is 9.47 Å². The molecule has 4 aromatic rings. The smallest absolute Gasteiger partial charge is 0.351 e. The highest BCUT2D eigenvalue weighted by Gasteiger charge is 2.19. The van der Waals surface area contributed by atoms with Crippen LogP contribution in [0.3, 0.4) is 0 Å². The number of aromatic nitrogens is 5. The van der Waals surface area contributed by atoms with Gasteiger partial charge in [-0.3, -0.25) is 4.57 Å². The molecule has 3 aromatic heterocycles. The fourth-order valence-electron chi connectivity index (χ4n) is 4.19. The summed E-state index contributed by atoms with van der Waals surface area (Å²) in [6.07, 6.45) is 2.56. The Morgan fingerprint density at radius 2 is 1.91 bits per heavy atom. The molecule has 0 radical (unpaired) electrons. The minimum absolute atomic E-state index is 0.225. The van der Waals surface area contributed by atoms with Crippen LogP contribution in [0.15, 0.2) is 41.3 Å². The lowest BCUT2D eigenvalue weighted by Crippen LogP contribution is -2.36. The van der Waals surface area contributed by atoms with E-state index < -0.39 is 0 Å². The first kappa shape index (κ1) is 21.4. The largest absolute Gasteiger partial charge is 0.497 e. The molecule has 1 aliphatic rings. The number of pyridine rings is 1. The number of morpholine rings is 1. The van der Waals surface area contributed by atoms with Crippen LogP contribution < -0.4 is 15.3 Å². The third-order valence-corrected chi connectivity index (χ3v) is 5.89. The highest BCUT2D eigenvalue weighted by molar-refractivity contribution is 5.89. The molecule has 0 atom stereocenters. The predicted octanol–water partition coefficient (Wildman–Crippen LogP) is 2.53. The van der Waals surface area contributed by atoms with Crippen LogP contribution in [0.5, 0.6) is 5.75 Å². The van der Waals surface area contributed by atoms with Crippen LogP contribution in [0.2, 0.25) is 0 Å². The van der Waals surface area contributed by atoms with Crippen LogP contribution >= 0.6 is 0 Å². The van der Waals surface area contributed by atoms with E-state index in [4.69, 9.17) is 14.5 Å². The molecule has 1 fully saturated rings. The lowest BCUT2D eigenvalue weighted by Gasteiger charge is -2.28. The predicted molar refractivity (Wildman–Crippen MR) is 126 cm³/mol. The molecule has 0 aliphatic carbocycles. The molecule has 0 amide bonds. The number of hydrogen-bond donors (Lipinski definition) is 0. The highest BCUT2D eigenvalue weighted by Crippen LogP contribution is 2.23. The summed E-state index contributed by atoms with van der Waals surface area (Å²) in [5.41, 5.74) is 3.65. The maximum absolute atomic E-state index is 13.6. The molecule has 9 nitrogen and oxygen atoms in total. The maximum Gasteiger partial charge on any atom is 0.351 e. The highest BCUT2D eigenvalue weighted by atomic mass is 16.5. The summed E-state index contributed by atoms with van der Waals surface area (Å²) in [6.45, 7) is 7.56. The summed E-state index contributed by atoms with van der Waals surface area (Å²) in [5, 5.41) is 4.53. The van der Waals surface area contributed by atoms with E-state index in [2.05, 4.69) is 28.8 Å². The molecule has 0 N–H and O–H groups in total. The van der Waals surface area contributed by atoms with Crippen molar-refractivity contribution >= 4 is 22.4 Å². The second kappa shape index (κ2) is 8.82. The van der Waals surface area contributed by atoms with E-state index in [-0.39, 0.29) is 5.69 Å². The van der Waals surface area contributed by atoms with Crippen LogP contribution in [0, 0.1) is 5.92 Å². The average Bonchev–Trinajstić information content (AvgIpc) is 3.26. The van der Waals surface area contributed by atoms with Crippen LogP contribution in [0.1, 0.15) is 25.2 Å². The van der Waals surface area contributed by atoms with E-state index in [0.717, 1.165) is 35.6 Å². The Hall–Kier alpha value is -3.46. The Morgan fingerprint density at radius 3 is 2.61 bits per heavy atom. The van der Waals surface area contributed by atoms with Crippen LogP contribution in [-0.4, -0.2) is 57.6 Å². The molecule has 1 saturated heterocycles. The van der Waals surface area contributed by atoms with Crippen molar-refractivity contribution in [1.82, 2.24) is 24.1 Å². The average molecular weight is 449 g/mol. The molecule has 172 valence electrons. The van der Waals surface area contributed by atoms with Gasteiger partial charge in [0.25, 0.3) is 0 Å². The first-order valence-electron chi connectivity index (χ1n) is 11.3. The standard InChI is InChI=1S/C24H28N6O3/c1-16(2)12-21-26-23-22-20(13-18(14-25-22)28-8-10-33-11-9-28)29(24(31)30(23)27-21)15-17-4-6-19(32-3)7-5-17/h4-7,13-14,16H,8-12,15H2,1-3H3. The zero-order valence-corrected chi connectivity index (χ0v) is 19.2. The Morgan fingerprint density at radius 1 is 1.15 bits per heavy atom. The number of rotatable bonds is 6. The van der Waals surface area contributed by atoms with E-state index >= 15 is 0 Å². The number of ether oxygens (including phenoxy) is 2. The first-order chi connectivity index (χ1) is 16.0. The molecule has 1 aliphatic heterocycles. The summed E-state index contributed by atoms with van der Waals surface area (Å²) in [4.78, 5) is 25.3. The Bertz CT molecular complexity index is 1340. The van der Waals surface area contributed by atoms with E-state index in [1.54, 1.807) is 11.7 Å². The van der Waals surface area contributed by atoms with Gasteiger partial charge in [-0.15, -0.1) is 5.10 Å². The number of anilines is 1. The van der Waals surface area contributed by atoms with Gasteiger partial charge < -0.3 is 14.4 Å². The van der Waals surface area contributed by atoms with E-state index in [9.17, 15) is 4.79 Å². The molecule has 0 spiro atoms. The van der Waals surface area contributed by atoms with Crippen molar-refractivity contribution in [3.63, 3.8) is 0 Å². The summed E-state index contributed by atoms with van der Waals surface area (Å²) in [7, 11) is 1.64. The zero-order chi connectivity index (χ0) is 22.9. The van der Waals surface area contributed by atoms with Gasteiger partial charge in [0, 0.05) is 19.5 Å². The Kier molecular flexibility index (Phi) is 5.72. The molecular formula is C24H28N6O3. The monoisotopic (exact) mass is 448 g/mol. The maximum atomic E-state index is 13.6. The number of hydrogen-bond acceptors (Lipinski definition) is 7. The second-order valence-electron chi connectivity index (χ2n) is 8.74. The zero-order valence-electron chi connectivity index (χ0n) is 19.2. The normalized spacial score (nSPS) is 14.5. The van der Waals surface area contributed by atoms with Gasteiger partial charge >= 0.3 is 5.69 Å². The lowest BCUT2D eigenvalue weighted by molar-refractivity contribution is 0.122. The van der Waals surface area contributed by atoms with Crippen molar-refractivity contribution in [3.05, 3.63) is 58.4 Å². The van der Waals surface area contributed by atoms with Gasteiger partial charge in [-0.1, -0.05) is 26.0 Å². The molecule has 9 heteroatoms. The topological polar surface area (TPSA) is 86.8 Å². The number of benzene rings is 1. The van der Waals surface area contributed by atoms with Gasteiger partial charge in [0.05, 0.1) is 44.3 Å². The van der Waals surface area contributed by atoms with Gasteiger partial charge in [-0.2, -0.15) is 4.52 Å². The minimum atomic E-state index is -0.225. The molecule has 5 rings (SSSR count). The molecule has 1 aromatic carbocycles. The van der Waals surface area contributed by atoms with Crippen molar-refractivity contribution in [3.8, 4) is 5.75 Å². The van der Waals surface area contributed by atoms with E-state index in [1.165, 1.54) is 4.52 Å². The number of nitrogens with zero attached hydrogens (tertiary/aromatic N) is 6. The Labute approximate surface area is 191 Å². The number of fused-ring (bicyclic) bond motifs is 3. The van der Waals surface area contributed by atoms with E-state index in [0.29, 0.717) is 49.1 Å². The van der Waals surface area contributed by atoms with Crippen molar-refractivity contribution in [2.24, 2.45) is 5.92 Å². The third kappa shape index (κ3) is 4.16. The first-order valence-corrected chi connectivity index (χ1v) is 11.3. The second-order valence-corrected chi connectivity index (χ2v) is 8.74. The van der Waals surface area contributed by atoms with Crippen molar-refractivity contribution in [2.75, 3.05) is 38.3 Å². The van der Waals surface area contributed by atoms with Gasteiger partial charge in [-0.05, 0) is 29.7 Å². The molecular weight excluding hydrogens is 420 g/mol. The van der Waals surface area contributed by atoms with Gasteiger partial charge in [0.15, 0.2) is 11.5 Å². The summed E-state index contributed by atoms with van der Waals surface area (Å²) < 4.78 is 13.9. The van der Waals surface area contributed by atoms with E-state index in [1.807, 2.05) is 36.5 Å². The molecule has 0 unspecified atom stereocenters. The minimum Gasteiger partial charge on any atom is -0.497 e. The van der Waals surface area contributed by atoms with Crippen molar-refractivity contribution in [1.29, 1.82) is 0 Å². The fraction of sp³-hybridized carbons (Fsp3) is 0.417. The molecule has 0 bridgehead atoms. The summed E-state index contributed by atoms with van der Waals surface area (Å²) in [5.74, 6) is 1.82. The fourth-order valence-corrected chi connectivity index (χ4v) is 4.19. The molecule has 4 heterocycles. The summed E-state index contributed by atoms with van der Waals surface area (Å²) in [6, 6.07) is 9.76. The van der Waals surface area contributed by atoms with Crippen LogP contribution in [-0.2, 0) is 17.7 Å². The quantitative estimate of drug-likeness (QED) is 0.448. The van der Waals surface area contributed by atoms with Crippen LogP contribution in [0.25, 0.3) is 16.7 Å². The van der Waals surface area contributed by atoms with Gasteiger partial charge in [0.2, 0.25) is 0 Å². The summed E-state index contributed by atoms with van der Waals surface area (Å²) >= 11 is 0. The third-order valence-electron chi connectivity index (χ3n) is 5.89.